The first-order chi connectivity index (χ1) is 8.86. The summed E-state index contributed by atoms with van der Waals surface area (Å²) in [6.45, 7) is 0. The standard InChI is InChI=1S/C13H10N4O/c14-13-11(9-3-1-5-15-7-9)12(17-18-13)10-4-2-6-16-8-10/h1-8H,14H2. The van der Waals surface area contributed by atoms with Gasteiger partial charge in [0.2, 0.25) is 5.88 Å². The summed E-state index contributed by atoms with van der Waals surface area (Å²) in [5.74, 6) is 0.279. The minimum atomic E-state index is 0.279. The third-order valence-electron chi connectivity index (χ3n) is 2.60. The second-order valence-corrected chi connectivity index (χ2v) is 3.75. The quantitative estimate of drug-likeness (QED) is 0.741. The van der Waals surface area contributed by atoms with Crippen LogP contribution in [0.3, 0.4) is 0 Å². The Labute approximate surface area is 103 Å². The predicted octanol–water partition coefficient (Wildman–Crippen LogP) is 2.38. The molecule has 0 fully saturated rings. The van der Waals surface area contributed by atoms with E-state index in [1.807, 2.05) is 24.3 Å². The molecule has 0 spiro atoms. The number of nitrogens with zero attached hydrogens (tertiary/aromatic N) is 3. The van der Waals surface area contributed by atoms with Crippen molar-refractivity contribution in [2.75, 3.05) is 5.73 Å². The van der Waals surface area contributed by atoms with Gasteiger partial charge in [0.05, 0.1) is 5.56 Å². The lowest BCUT2D eigenvalue weighted by atomic mass is 10.0. The van der Waals surface area contributed by atoms with E-state index < -0.39 is 0 Å². The van der Waals surface area contributed by atoms with Crippen molar-refractivity contribution in [3.05, 3.63) is 49.1 Å². The summed E-state index contributed by atoms with van der Waals surface area (Å²) < 4.78 is 5.08. The Morgan fingerprint density at radius 2 is 1.61 bits per heavy atom. The summed E-state index contributed by atoms with van der Waals surface area (Å²) in [6, 6.07) is 7.50. The highest BCUT2D eigenvalue weighted by Gasteiger charge is 2.17. The molecule has 0 atom stereocenters. The van der Waals surface area contributed by atoms with Crippen LogP contribution in [0.2, 0.25) is 0 Å². The first-order valence-corrected chi connectivity index (χ1v) is 5.42. The smallest absolute Gasteiger partial charge is 0.230 e. The van der Waals surface area contributed by atoms with Crippen molar-refractivity contribution in [2.24, 2.45) is 0 Å². The van der Waals surface area contributed by atoms with Crippen molar-refractivity contribution in [3.63, 3.8) is 0 Å². The Bertz CT molecular complexity index is 649. The molecule has 0 saturated heterocycles. The fourth-order valence-electron chi connectivity index (χ4n) is 1.79. The summed E-state index contributed by atoms with van der Waals surface area (Å²) in [7, 11) is 0. The SMILES string of the molecule is Nc1onc(-c2cccnc2)c1-c1cccnc1. The molecule has 88 valence electrons. The minimum Gasteiger partial charge on any atom is -0.367 e. The molecular weight excluding hydrogens is 228 g/mol. The molecule has 0 aromatic carbocycles. The molecule has 0 unspecified atom stereocenters. The zero-order valence-corrected chi connectivity index (χ0v) is 9.45. The van der Waals surface area contributed by atoms with Crippen molar-refractivity contribution in [2.45, 2.75) is 0 Å². The second-order valence-electron chi connectivity index (χ2n) is 3.75. The number of aromatic nitrogens is 3. The molecule has 0 saturated carbocycles. The first-order valence-electron chi connectivity index (χ1n) is 5.42. The molecule has 3 heterocycles. The molecule has 2 N–H and O–H groups in total. The third kappa shape index (κ3) is 1.71. The molecule has 5 nitrogen and oxygen atoms in total. The molecule has 3 aromatic heterocycles. The maximum absolute atomic E-state index is 5.83. The highest BCUT2D eigenvalue weighted by molar-refractivity contribution is 5.86. The van der Waals surface area contributed by atoms with Gasteiger partial charge in [-0.3, -0.25) is 9.97 Å². The lowest BCUT2D eigenvalue weighted by Crippen LogP contribution is -1.88. The molecular formula is C13H10N4O. The van der Waals surface area contributed by atoms with Crippen molar-refractivity contribution in [1.82, 2.24) is 15.1 Å². The molecule has 0 bridgehead atoms. The van der Waals surface area contributed by atoms with Gasteiger partial charge in [0.1, 0.15) is 5.69 Å². The van der Waals surface area contributed by atoms with Crippen LogP contribution in [-0.4, -0.2) is 15.1 Å². The maximum atomic E-state index is 5.83. The number of rotatable bonds is 2. The van der Waals surface area contributed by atoms with Crippen molar-refractivity contribution in [3.8, 4) is 22.4 Å². The molecule has 3 aromatic rings. The van der Waals surface area contributed by atoms with E-state index in [0.29, 0.717) is 5.69 Å². The molecule has 0 radical (unpaired) electrons. The van der Waals surface area contributed by atoms with Crippen molar-refractivity contribution >= 4 is 5.88 Å². The van der Waals surface area contributed by atoms with Crippen LogP contribution < -0.4 is 5.73 Å². The number of hydrogen-bond acceptors (Lipinski definition) is 5. The van der Waals surface area contributed by atoms with E-state index in [-0.39, 0.29) is 5.88 Å². The minimum absolute atomic E-state index is 0.279. The van der Waals surface area contributed by atoms with Crippen LogP contribution in [0.25, 0.3) is 22.4 Å². The molecule has 0 amide bonds. The van der Waals surface area contributed by atoms with Gasteiger partial charge in [-0.1, -0.05) is 11.2 Å². The van der Waals surface area contributed by atoms with Gasteiger partial charge in [0, 0.05) is 35.9 Å². The van der Waals surface area contributed by atoms with Crippen LogP contribution in [0.5, 0.6) is 0 Å². The Balaban J connectivity index is 2.19. The molecule has 0 aliphatic heterocycles. The normalized spacial score (nSPS) is 10.4. The topological polar surface area (TPSA) is 77.8 Å². The number of hydrogen-bond donors (Lipinski definition) is 1. The van der Waals surface area contributed by atoms with Gasteiger partial charge < -0.3 is 10.3 Å². The average Bonchev–Trinajstić information content (AvgIpc) is 2.83. The summed E-state index contributed by atoms with van der Waals surface area (Å²) >= 11 is 0. The van der Waals surface area contributed by atoms with E-state index in [9.17, 15) is 0 Å². The Hall–Kier alpha value is -2.69. The summed E-state index contributed by atoms with van der Waals surface area (Å²) in [5, 5.41) is 3.99. The van der Waals surface area contributed by atoms with E-state index in [1.165, 1.54) is 0 Å². The van der Waals surface area contributed by atoms with Crippen LogP contribution in [0, 0.1) is 0 Å². The fourth-order valence-corrected chi connectivity index (χ4v) is 1.79. The van der Waals surface area contributed by atoms with Crippen LogP contribution in [-0.2, 0) is 0 Å². The highest BCUT2D eigenvalue weighted by Crippen LogP contribution is 2.35. The summed E-state index contributed by atoms with van der Waals surface area (Å²) in [4.78, 5) is 8.14. The van der Waals surface area contributed by atoms with Gasteiger partial charge >= 0.3 is 0 Å². The van der Waals surface area contributed by atoms with Crippen LogP contribution in [0.4, 0.5) is 5.88 Å². The van der Waals surface area contributed by atoms with Crippen LogP contribution in [0.15, 0.2) is 53.6 Å². The first kappa shape index (κ1) is 10.5. The average molecular weight is 238 g/mol. The molecule has 0 aliphatic carbocycles. The summed E-state index contributed by atoms with van der Waals surface area (Å²) in [6.07, 6.45) is 6.85. The van der Waals surface area contributed by atoms with Gasteiger partial charge in [0.25, 0.3) is 0 Å². The van der Waals surface area contributed by atoms with E-state index in [1.54, 1.807) is 24.8 Å². The zero-order chi connectivity index (χ0) is 12.4. The fraction of sp³-hybridized carbons (Fsp3) is 0. The Kier molecular flexibility index (Phi) is 2.49. The van der Waals surface area contributed by atoms with Crippen LogP contribution in [0.1, 0.15) is 0 Å². The second kappa shape index (κ2) is 4.29. The number of nitrogens with two attached hydrogens (primary N) is 1. The van der Waals surface area contributed by atoms with Gasteiger partial charge in [-0.2, -0.15) is 0 Å². The van der Waals surface area contributed by atoms with Gasteiger partial charge in [0.15, 0.2) is 0 Å². The molecule has 3 rings (SSSR count). The lowest BCUT2D eigenvalue weighted by molar-refractivity contribution is 0.439. The van der Waals surface area contributed by atoms with E-state index in [2.05, 4.69) is 15.1 Å². The van der Waals surface area contributed by atoms with Gasteiger partial charge in [-0.15, -0.1) is 0 Å². The van der Waals surface area contributed by atoms with Crippen molar-refractivity contribution < 1.29 is 4.52 Å². The largest absolute Gasteiger partial charge is 0.367 e. The third-order valence-corrected chi connectivity index (χ3v) is 2.60. The Morgan fingerprint density at radius 3 is 2.22 bits per heavy atom. The van der Waals surface area contributed by atoms with E-state index in [4.69, 9.17) is 10.3 Å². The zero-order valence-electron chi connectivity index (χ0n) is 9.45. The molecule has 5 heteroatoms. The van der Waals surface area contributed by atoms with Gasteiger partial charge in [-0.25, -0.2) is 0 Å². The summed E-state index contributed by atoms with van der Waals surface area (Å²) in [5.41, 5.74) is 8.98. The molecule has 18 heavy (non-hydrogen) atoms. The highest BCUT2D eigenvalue weighted by atomic mass is 16.5. The van der Waals surface area contributed by atoms with Crippen LogP contribution >= 0.6 is 0 Å². The van der Waals surface area contributed by atoms with Gasteiger partial charge in [-0.05, 0) is 18.2 Å². The number of anilines is 1. The molecule has 0 aliphatic rings. The van der Waals surface area contributed by atoms with E-state index >= 15 is 0 Å². The number of pyridine rings is 2. The number of nitrogen functional groups attached to an aromatic ring is 1. The monoisotopic (exact) mass is 238 g/mol. The maximum Gasteiger partial charge on any atom is 0.230 e. The Morgan fingerprint density at radius 1 is 0.944 bits per heavy atom. The van der Waals surface area contributed by atoms with Crippen molar-refractivity contribution in [1.29, 1.82) is 0 Å². The lowest BCUT2D eigenvalue weighted by Gasteiger charge is -2.01. The predicted molar refractivity (Wildman–Crippen MR) is 67.4 cm³/mol. The van der Waals surface area contributed by atoms with E-state index in [0.717, 1.165) is 16.7 Å².